The van der Waals surface area contributed by atoms with Crippen LogP contribution >= 0.6 is 11.6 Å². The van der Waals surface area contributed by atoms with Crippen LogP contribution in [-0.4, -0.2) is 23.5 Å². The third-order valence-corrected chi connectivity index (χ3v) is 3.85. The number of alkyl halides is 1. The van der Waals surface area contributed by atoms with Crippen molar-refractivity contribution in [2.45, 2.75) is 6.42 Å². The molecule has 112 valence electrons. The highest BCUT2D eigenvalue weighted by Gasteiger charge is 2.19. The van der Waals surface area contributed by atoms with Gasteiger partial charge in [-0.25, -0.2) is 4.79 Å². The molecule has 0 bridgehead atoms. The van der Waals surface area contributed by atoms with Gasteiger partial charge in [0.2, 0.25) is 0 Å². The van der Waals surface area contributed by atoms with Crippen LogP contribution in [0.1, 0.15) is 11.1 Å². The molecule has 2 aromatic rings. The lowest BCUT2D eigenvalue weighted by Crippen LogP contribution is -2.31. The van der Waals surface area contributed by atoms with Gasteiger partial charge < -0.3 is 5.32 Å². The minimum Gasteiger partial charge on any atom is -0.306 e. The third kappa shape index (κ3) is 2.67. The Labute approximate surface area is 132 Å². The van der Waals surface area contributed by atoms with E-state index in [1.54, 1.807) is 0 Å². The van der Waals surface area contributed by atoms with Crippen LogP contribution in [0.5, 0.6) is 0 Å². The van der Waals surface area contributed by atoms with Crippen LogP contribution in [0.4, 0.5) is 10.5 Å². The van der Waals surface area contributed by atoms with Crippen molar-refractivity contribution < 1.29 is 4.79 Å². The maximum absolute atomic E-state index is 11.9. The molecule has 2 amide bonds. The molecule has 1 aliphatic rings. The Bertz CT molecular complexity index is 733. The van der Waals surface area contributed by atoms with E-state index < -0.39 is 6.03 Å². The van der Waals surface area contributed by atoms with Gasteiger partial charge in [-0.05, 0) is 40.8 Å². The van der Waals surface area contributed by atoms with Crippen LogP contribution in [-0.2, 0) is 6.42 Å². The summed E-state index contributed by atoms with van der Waals surface area (Å²) in [7, 11) is 0. The number of nitrogens with one attached hydrogen (secondary N) is 1. The van der Waals surface area contributed by atoms with Crippen molar-refractivity contribution >= 4 is 23.3 Å². The number of carbonyl (C=O) groups excluding carboxylic acids is 1. The highest BCUT2D eigenvalue weighted by atomic mass is 35.5. The molecule has 5 nitrogen and oxygen atoms in total. The molecule has 0 aromatic heterocycles. The summed E-state index contributed by atoms with van der Waals surface area (Å²) in [5.41, 5.74) is 5.42. The summed E-state index contributed by atoms with van der Waals surface area (Å²) in [6, 6.07) is 13.3. The maximum atomic E-state index is 11.9. The van der Waals surface area contributed by atoms with Gasteiger partial charge in [-0.3, -0.25) is 0 Å². The van der Waals surface area contributed by atoms with Crippen molar-refractivity contribution in [1.29, 1.82) is 0 Å². The monoisotopic (exact) mass is 315 g/mol. The number of carbonyl (C=O) groups is 1. The van der Waals surface area contributed by atoms with Crippen molar-refractivity contribution in [2.24, 2.45) is 5.29 Å². The summed E-state index contributed by atoms with van der Waals surface area (Å²) >= 11 is 5.53. The predicted molar refractivity (Wildman–Crippen MR) is 86.9 cm³/mol. The van der Waals surface area contributed by atoms with Crippen molar-refractivity contribution in [3.05, 3.63) is 58.5 Å². The molecule has 0 saturated carbocycles. The van der Waals surface area contributed by atoms with Crippen molar-refractivity contribution in [1.82, 2.24) is 5.01 Å². The Kier molecular flexibility index (Phi) is 4.06. The SMILES string of the molecule is O=NN(CCCl)C(=O)Nc1ccc2c(c1)-c1ccccc1C2. The highest BCUT2D eigenvalue weighted by Crippen LogP contribution is 2.37. The Balaban J connectivity index is 1.84. The van der Waals surface area contributed by atoms with Gasteiger partial charge in [-0.1, -0.05) is 30.3 Å². The second kappa shape index (κ2) is 6.15. The number of halogens is 1. The molecule has 6 heteroatoms. The zero-order chi connectivity index (χ0) is 15.5. The second-order valence-corrected chi connectivity index (χ2v) is 5.41. The van der Waals surface area contributed by atoms with Crippen LogP contribution in [0, 0.1) is 4.91 Å². The molecule has 22 heavy (non-hydrogen) atoms. The van der Waals surface area contributed by atoms with E-state index in [2.05, 4.69) is 22.7 Å². The molecule has 0 aliphatic heterocycles. The summed E-state index contributed by atoms with van der Waals surface area (Å²) in [6.45, 7) is 0.0741. The number of benzene rings is 2. The van der Waals surface area contributed by atoms with E-state index in [-0.39, 0.29) is 12.4 Å². The van der Waals surface area contributed by atoms with E-state index in [0.717, 1.165) is 17.0 Å². The molecule has 2 aromatic carbocycles. The van der Waals surface area contributed by atoms with Gasteiger partial charge >= 0.3 is 6.03 Å². The zero-order valence-electron chi connectivity index (χ0n) is 11.8. The summed E-state index contributed by atoms with van der Waals surface area (Å²) in [5.74, 6) is 0.150. The van der Waals surface area contributed by atoms with E-state index in [1.807, 2.05) is 30.3 Å². The topological polar surface area (TPSA) is 61.8 Å². The lowest BCUT2D eigenvalue weighted by Gasteiger charge is -2.13. The first-order chi connectivity index (χ1) is 10.7. The average Bonchev–Trinajstić information content (AvgIpc) is 2.90. The molecule has 1 aliphatic carbocycles. The predicted octanol–water partition coefficient (Wildman–Crippen LogP) is 4.01. The fourth-order valence-corrected chi connectivity index (χ4v) is 2.81. The standard InChI is InChI=1S/C16H14ClN3O2/c17-7-8-20(19-22)16(21)18-13-6-5-12-9-11-3-1-2-4-14(11)15(12)10-13/h1-6,10H,7-9H2,(H,18,21). The number of rotatable bonds is 4. The first kappa shape index (κ1) is 14.5. The fourth-order valence-electron chi connectivity index (χ4n) is 2.65. The van der Waals surface area contributed by atoms with Crippen molar-refractivity contribution in [2.75, 3.05) is 17.7 Å². The highest BCUT2D eigenvalue weighted by molar-refractivity contribution is 6.18. The molecule has 0 fully saturated rings. The van der Waals surface area contributed by atoms with Crippen molar-refractivity contribution in [3.63, 3.8) is 0 Å². The average molecular weight is 316 g/mol. The van der Waals surface area contributed by atoms with Gasteiger partial charge in [0.05, 0.1) is 11.8 Å². The maximum Gasteiger partial charge on any atom is 0.344 e. The molecular formula is C16H14ClN3O2. The van der Waals surface area contributed by atoms with Gasteiger partial charge in [0.25, 0.3) is 0 Å². The smallest absolute Gasteiger partial charge is 0.306 e. The molecule has 0 atom stereocenters. The lowest BCUT2D eigenvalue weighted by molar-refractivity contribution is 0.216. The minimum atomic E-state index is -0.582. The van der Waals surface area contributed by atoms with Gasteiger partial charge in [0.15, 0.2) is 0 Å². The second-order valence-electron chi connectivity index (χ2n) is 5.03. The Morgan fingerprint density at radius 1 is 1.18 bits per heavy atom. The fraction of sp³-hybridized carbons (Fsp3) is 0.188. The molecular weight excluding hydrogens is 302 g/mol. The Morgan fingerprint density at radius 3 is 2.73 bits per heavy atom. The van der Waals surface area contributed by atoms with Crippen molar-refractivity contribution in [3.8, 4) is 11.1 Å². The quantitative estimate of drug-likeness (QED) is 0.449. The van der Waals surface area contributed by atoms with Crippen LogP contribution in [0.3, 0.4) is 0 Å². The number of hydrogen-bond donors (Lipinski definition) is 1. The van der Waals surface area contributed by atoms with Crippen LogP contribution in [0.15, 0.2) is 47.8 Å². The largest absolute Gasteiger partial charge is 0.344 e. The summed E-state index contributed by atoms with van der Waals surface area (Å²) in [6.07, 6.45) is 0.897. The molecule has 0 spiro atoms. The number of amides is 2. The normalized spacial score (nSPS) is 11.5. The molecule has 0 unspecified atom stereocenters. The third-order valence-electron chi connectivity index (χ3n) is 3.68. The lowest BCUT2D eigenvalue weighted by atomic mass is 10.1. The number of hydrogen-bond acceptors (Lipinski definition) is 3. The van der Waals surface area contributed by atoms with Crippen LogP contribution in [0.2, 0.25) is 0 Å². The first-order valence-electron chi connectivity index (χ1n) is 6.92. The van der Waals surface area contributed by atoms with Gasteiger partial charge in [0.1, 0.15) is 0 Å². The van der Waals surface area contributed by atoms with E-state index in [4.69, 9.17) is 11.6 Å². The molecule has 1 N–H and O–H groups in total. The number of nitroso groups, excluding NO2 is 1. The summed E-state index contributed by atoms with van der Waals surface area (Å²) < 4.78 is 0. The van der Waals surface area contributed by atoms with Crippen LogP contribution < -0.4 is 5.32 Å². The molecule has 0 saturated heterocycles. The van der Waals surface area contributed by atoms with Gasteiger partial charge in [-0.15, -0.1) is 16.5 Å². The minimum absolute atomic E-state index is 0.0741. The molecule has 3 rings (SSSR count). The number of urea groups is 1. The molecule has 0 heterocycles. The van der Waals surface area contributed by atoms with E-state index in [0.29, 0.717) is 5.69 Å². The summed E-state index contributed by atoms with van der Waals surface area (Å²) in [4.78, 5) is 22.6. The van der Waals surface area contributed by atoms with E-state index in [1.165, 1.54) is 16.7 Å². The zero-order valence-corrected chi connectivity index (χ0v) is 12.5. The number of nitrogens with zero attached hydrogens (tertiary/aromatic N) is 2. The number of fused-ring (bicyclic) bond motifs is 3. The van der Waals surface area contributed by atoms with Gasteiger partial charge in [0, 0.05) is 11.6 Å². The van der Waals surface area contributed by atoms with E-state index in [9.17, 15) is 9.70 Å². The van der Waals surface area contributed by atoms with Gasteiger partial charge in [-0.2, -0.15) is 5.01 Å². The Hall–Kier alpha value is -2.40. The first-order valence-corrected chi connectivity index (χ1v) is 7.45. The Morgan fingerprint density at radius 2 is 1.95 bits per heavy atom. The summed E-state index contributed by atoms with van der Waals surface area (Å²) in [5, 5.41) is 6.11. The molecule has 0 radical (unpaired) electrons. The number of anilines is 1. The van der Waals surface area contributed by atoms with E-state index >= 15 is 0 Å². The van der Waals surface area contributed by atoms with Crippen LogP contribution in [0.25, 0.3) is 11.1 Å².